The maximum absolute atomic E-state index is 4.32. The highest BCUT2D eigenvalue weighted by atomic mass is 15.1. The topological polar surface area (TPSA) is 45.6 Å². The quantitative estimate of drug-likeness (QED) is 0.767. The van der Waals surface area contributed by atoms with Crippen molar-refractivity contribution < 1.29 is 0 Å². The first-order valence-corrected chi connectivity index (χ1v) is 6.28. The molecule has 0 fully saturated rings. The van der Waals surface area contributed by atoms with Crippen molar-refractivity contribution in [1.82, 2.24) is 19.9 Å². The maximum Gasteiger partial charge on any atom is 0.0925 e. The van der Waals surface area contributed by atoms with Crippen LogP contribution in [0.25, 0.3) is 0 Å². The zero-order chi connectivity index (χ0) is 11.2. The van der Waals surface area contributed by atoms with E-state index in [1.165, 1.54) is 23.5 Å². The highest BCUT2D eigenvalue weighted by Crippen LogP contribution is 2.27. The van der Waals surface area contributed by atoms with E-state index in [1.54, 1.807) is 0 Å². The summed E-state index contributed by atoms with van der Waals surface area (Å²) in [7, 11) is 0. The molecule has 2 atom stereocenters. The van der Waals surface area contributed by atoms with Gasteiger partial charge >= 0.3 is 0 Å². The Bertz CT molecular complexity index is 519. The Morgan fingerprint density at radius 2 is 2.35 bits per heavy atom. The minimum Gasteiger partial charge on any atom is -0.351 e. The van der Waals surface area contributed by atoms with Crippen molar-refractivity contribution in [3.05, 3.63) is 41.7 Å². The monoisotopic (exact) mass is 228 g/mol. The molecule has 2 aromatic rings. The third-order valence-electron chi connectivity index (χ3n) is 4.16. The summed E-state index contributed by atoms with van der Waals surface area (Å²) in [6.45, 7) is 2.07. The van der Waals surface area contributed by atoms with E-state index in [9.17, 15) is 0 Å². The van der Waals surface area contributed by atoms with Gasteiger partial charge in [0, 0.05) is 43.1 Å². The van der Waals surface area contributed by atoms with Crippen LogP contribution in [0, 0.1) is 5.92 Å². The normalized spacial score (nSPS) is 26.8. The molecule has 2 N–H and O–H groups in total. The molecule has 0 aliphatic carbocycles. The highest BCUT2D eigenvalue weighted by Gasteiger charge is 2.31. The summed E-state index contributed by atoms with van der Waals surface area (Å²) in [6, 6.07) is 4.97. The lowest BCUT2D eigenvalue weighted by Gasteiger charge is -2.28. The average molecular weight is 228 g/mol. The van der Waals surface area contributed by atoms with Crippen LogP contribution in [0.2, 0.25) is 0 Å². The van der Waals surface area contributed by atoms with Crippen LogP contribution in [-0.4, -0.2) is 20.6 Å². The van der Waals surface area contributed by atoms with Gasteiger partial charge in [-0.05, 0) is 24.5 Å². The van der Waals surface area contributed by atoms with E-state index >= 15 is 0 Å². The zero-order valence-corrected chi connectivity index (χ0v) is 9.69. The lowest BCUT2D eigenvalue weighted by molar-refractivity contribution is 0.325. The Morgan fingerprint density at radius 3 is 3.29 bits per heavy atom. The molecule has 2 aliphatic rings. The van der Waals surface area contributed by atoms with Gasteiger partial charge in [-0.1, -0.05) is 0 Å². The molecule has 0 saturated heterocycles. The van der Waals surface area contributed by atoms with Crippen molar-refractivity contribution in [3.8, 4) is 0 Å². The minimum atomic E-state index is 0.586. The summed E-state index contributed by atoms with van der Waals surface area (Å²) >= 11 is 0. The summed E-state index contributed by atoms with van der Waals surface area (Å²) in [6.07, 6.45) is 6.30. The van der Waals surface area contributed by atoms with Crippen LogP contribution >= 0.6 is 0 Å². The lowest BCUT2D eigenvalue weighted by atomic mass is 9.91. The molecule has 0 bridgehead atoms. The summed E-state index contributed by atoms with van der Waals surface area (Å²) in [5.74, 6) is 0.725. The Kier molecular flexibility index (Phi) is 1.93. The second-order valence-electron chi connectivity index (χ2n) is 5.14. The Morgan fingerprint density at radius 1 is 1.35 bits per heavy atom. The van der Waals surface area contributed by atoms with E-state index in [-0.39, 0.29) is 0 Å². The number of nitrogens with zero attached hydrogens (tertiary/aromatic N) is 2. The predicted molar refractivity (Wildman–Crippen MR) is 64.5 cm³/mol. The van der Waals surface area contributed by atoms with Crippen molar-refractivity contribution in [1.29, 1.82) is 0 Å². The maximum atomic E-state index is 4.32. The Labute approximate surface area is 100 Å². The van der Waals surface area contributed by atoms with Gasteiger partial charge in [0.25, 0.3) is 0 Å². The molecular formula is C13H16N4. The number of H-pyrrole nitrogens is 1. The Balaban J connectivity index is 1.53. The van der Waals surface area contributed by atoms with Crippen molar-refractivity contribution in [3.63, 3.8) is 0 Å². The third kappa shape index (κ3) is 1.44. The molecule has 2 aliphatic heterocycles. The molecule has 2 unspecified atom stereocenters. The average Bonchev–Trinajstić information content (AvgIpc) is 3.02. The van der Waals surface area contributed by atoms with Gasteiger partial charge in [0.15, 0.2) is 0 Å². The van der Waals surface area contributed by atoms with E-state index in [0.29, 0.717) is 6.04 Å². The fourth-order valence-corrected chi connectivity index (χ4v) is 3.20. The van der Waals surface area contributed by atoms with E-state index in [0.717, 1.165) is 25.4 Å². The molecule has 88 valence electrons. The summed E-state index contributed by atoms with van der Waals surface area (Å²) in [5, 5.41) is 3.63. The van der Waals surface area contributed by atoms with Crippen LogP contribution in [0.5, 0.6) is 0 Å². The number of imidazole rings is 1. The molecule has 4 heterocycles. The summed E-state index contributed by atoms with van der Waals surface area (Å²) in [5.41, 5.74) is 4.00. The van der Waals surface area contributed by atoms with Gasteiger partial charge in [-0.25, -0.2) is 4.98 Å². The summed E-state index contributed by atoms with van der Waals surface area (Å²) < 4.78 is 2.38. The third-order valence-corrected chi connectivity index (χ3v) is 4.16. The molecule has 4 rings (SSSR count). The first-order chi connectivity index (χ1) is 8.40. The van der Waals surface area contributed by atoms with Crippen LogP contribution in [0.4, 0.5) is 0 Å². The van der Waals surface area contributed by atoms with E-state index in [1.807, 2.05) is 6.33 Å². The molecule has 4 heteroatoms. The van der Waals surface area contributed by atoms with Crippen molar-refractivity contribution >= 4 is 0 Å². The van der Waals surface area contributed by atoms with Gasteiger partial charge in [0.2, 0.25) is 0 Å². The second kappa shape index (κ2) is 3.47. The van der Waals surface area contributed by atoms with Crippen LogP contribution in [0.15, 0.2) is 24.7 Å². The molecule has 4 nitrogen and oxygen atoms in total. The van der Waals surface area contributed by atoms with Crippen LogP contribution < -0.4 is 5.32 Å². The van der Waals surface area contributed by atoms with Gasteiger partial charge in [-0.15, -0.1) is 0 Å². The molecule has 17 heavy (non-hydrogen) atoms. The van der Waals surface area contributed by atoms with Crippen molar-refractivity contribution in [2.24, 2.45) is 5.92 Å². The molecular weight excluding hydrogens is 212 g/mol. The predicted octanol–water partition coefficient (Wildman–Crippen LogP) is 1.10. The lowest BCUT2D eigenvalue weighted by Crippen LogP contribution is -2.42. The first kappa shape index (κ1) is 9.48. The van der Waals surface area contributed by atoms with Crippen LogP contribution in [0.3, 0.4) is 0 Å². The molecule has 0 aromatic carbocycles. The fourth-order valence-electron chi connectivity index (χ4n) is 3.20. The Hall–Kier alpha value is -1.55. The standard InChI is InChI=1S/C13H16N4/c1-2-10-4-9(7-17(10)3-1)11-5-12-13(6-14-11)16-8-15-12/h1-3,8-9,11,14H,4-7H2,(H,15,16). The number of rotatable bonds is 1. The number of hydrogen-bond donors (Lipinski definition) is 2. The van der Waals surface area contributed by atoms with Gasteiger partial charge in [-0.3, -0.25) is 0 Å². The fraction of sp³-hybridized carbons (Fsp3) is 0.462. The van der Waals surface area contributed by atoms with E-state index in [4.69, 9.17) is 0 Å². The van der Waals surface area contributed by atoms with E-state index < -0.39 is 0 Å². The second-order valence-corrected chi connectivity index (χ2v) is 5.14. The number of nitrogens with one attached hydrogen (secondary N) is 2. The smallest absolute Gasteiger partial charge is 0.0925 e. The first-order valence-electron chi connectivity index (χ1n) is 6.28. The number of aromatic nitrogens is 3. The minimum absolute atomic E-state index is 0.586. The van der Waals surface area contributed by atoms with Gasteiger partial charge < -0.3 is 14.9 Å². The molecule has 0 amide bonds. The zero-order valence-electron chi connectivity index (χ0n) is 9.69. The van der Waals surface area contributed by atoms with Crippen LogP contribution in [0.1, 0.15) is 17.1 Å². The molecule has 2 aromatic heterocycles. The van der Waals surface area contributed by atoms with Gasteiger partial charge in [0.05, 0.1) is 12.0 Å². The number of hydrogen-bond acceptors (Lipinski definition) is 2. The number of fused-ring (bicyclic) bond motifs is 2. The van der Waals surface area contributed by atoms with Gasteiger partial charge in [-0.2, -0.15) is 0 Å². The SMILES string of the molecule is c1cc2n(c1)CC(C1Cc3[nH]cnc3CN1)C2. The summed E-state index contributed by atoms with van der Waals surface area (Å²) in [4.78, 5) is 7.59. The van der Waals surface area contributed by atoms with Crippen LogP contribution in [-0.2, 0) is 25.9 Å². The van der Waals surface area contributed by atoms with Crippen molar-refractivity contribution in [2.45, 2.75) is 32.0 Å². The number of aromatic amines is 1. The highest BCUT2D eigenvalue weighted by molar-refractivity contribution is 5.19. The van der Waals surface area contributed by atoms with Crippen molar-refractivity contribution in [2.75, 3.05) is 0 Å². The molecule has 0 spiro atoms. The van der Waals surface area contributed by atoms with Gasteiger partial charge in [0.1, 0.15) is 0 Å². The van der Waals surface area contributed by atoms with E-state index in [2.05, 4.69) is 38.2 Å². The molecule has 0 saturated carbocycles. The molecule has 0 radical (unpaired) electrons. The largest absolute Gasteiger partial charge is 0.351 e.